The number of urea groups is 1. The minimum absolute atomic E-state index is 0.0444. The van der Waals surface area contributed by atoms with Gasteiger partial charge in [-0.05, 0) is 42.8 Å². The van der Waals surface area contributed by atoms with Crippen LogP contribution in [0.3, 0.4) is 0 Å². The molecule has 0 unspecified atom stereocenters. The van der Waals surface area contributed by atoms with Crippen LogP contribution in [0.15, 0.2) is 72.8 Å². The Balaban J connectivity index is 1.75. The molecule has 29 heavy (non-hydrogen) atoms. The normalized spacial score (nSPS) is 10.1. The van der Waals surface area contributed by atoms with E-state index in [4.69, 9.17) is 0 Å². The summed E-state index contributed by atoms with van der Waals surface area (Å²) in [6, 6.07) is 19.3. The highest BCUT2D eigenvalue weighted by molar-refractivity contribution is 6.08. The summed E-state index contributed by atoms with van der Waals surface area (Å²) in [6.07, 6.45) is 0. The van der Waals surface area contributed by atoms with Gasteiger partial charge in [-0.3, -0.25) is 14.9 Å². The Labute approximate surface area is 166 Å². The molecule has 8 nitrogen and oxygen atoms in total. The maximum Gasteiger partial charge on any atom is 0.323 e. The summed E-state index contributed by atoms with van der Waals surface area (Å²) >= 11 is 0. The highest BCUT2D eigenvalue weighted by Crippen LogP contribution is 2.24. The van der Waals surface area contributed by atoms with Gasteiger partial charge in [0.05, 0.1) is 4.92 Å². The SMILES string of the molecule is Cc1ccc(NC(=O)Nc2ccccc2)cc1NC(=O)c1ccccc1[N+](=O)[O-]. The van der Waals surface area contributed by atoms with Crippen molar-refractivity contribution in [2.24, 2.45) is 0 Å². The number of benzene rings is 3. The molecule has 0 heterocycles. The second-order valence-electron chi connectivity index (χ2n) is 6.20. The van der Waals surface area contributed by atoms with Crippen LogP contribution in [-0.2, 0) is 0 Å². The monoisotopic (exact) mass is 390 g/mol. The zero-order valence-corrected chi connectivity index (χ0v) is 15.5. The number of anilines is 3. The van der Waals surface area contributed by atoms with E-state index in [1.165, 1.54) is 18.2 Å². The van der Waals surface area contributed by atoms with Gasteiger partial charge in [-0.15, -0.1) is 0 Å². The lowest BCUT2D eigenvalue weighted by atomic mass is 10.1. The molecule has 146 valence electrons. The summed E-state index contributed by atoms with van der Waals surface area (Å²) < 4.78 is 0. The highest BCUT2D eigenvalue weighted by atomic mass is 16.6. The Kier molecular flexibility index (Phi) is 5.84. The molecule has 3 rings (SSSR count). The van der Waals surface area contributed by atoms with Gasteiger partial charge in [0.1, 0.15) is 5.56 Å². The first kappa shape index (κ1) is 19.6. The number of nitro groups is 1. The molecular formula is C21H18N4O4. The summed E-state index contributed by atoms with van der Waals surface area (Å²) in [4.78, 5) is 35.2. The molecule has 0 radical (unpaired) electrons. The second kappa shape index (κ2) is 8.66. The predicted octanol–water partition coefficient (Wildman–Crippen LogP) is 4.80. The van der Waals surface area contributed by atoms with E-state index in [-0.39, 0.29) is 11.3 Å². The quantitative estimate of drug-likeness (QED) is 0.429. The third-order valence-corrected chi connectivity index (χ3v) is 4.12. The zero-order valence-electron chi connectivity index (χ0n) is 15.5. The van der Waals surface area contributed by atoms with Crippen molar-refractivity contribution in [1.29, 1.82) is 0 Å². The fourth-order valence-electron chi connectivity index (χ4n) is 2.66. The van der Waals surface area contributed by atoms with Crippen LogP contribution in [0.1, 0.15) is 15.9 Å². The Hall–Kier alpha value is -4.20. The lowest BCUT2D eigenvalue weighted by Gasteiger charge is -2.12. The van der Waals surface area contributed by atoms with E-state index in [9.17, 15) is 19.7 Å². The number of nitro benzene ring substituents is 1. The fourth-order valence-corrected chi connectivity index (χ4v) is 2.66. The molecule has 0 bridgehead atoms. The number of amides is 3. The molecule has 3 aromatic rings. The van der Waals surface area contributed by atoms with E-state index in [1.54, 1.807) is 55.5 Å². The molecule has 0 spiro atoms. The van der Waals surface area contributed by atoms with Crippen LogP contribution in [0.25, 0.3) is 0 Å². The molecule has 0 aromatic heterocycles. The van der Waals surface area contributed by atoms with Gasteiger partial charge in [-0.2, -0.15) is 0 Å². The van der Waals surface area contributed by atoms with Crippen molar-refractivity contribution >= 4 is 34.7 Å². The largest absolute Gasteiger partial charge is 0.323 e. The number of nitrogens with zero attached hydrogens (tertiary/aromatic N) is 1. The van der Waals surface area contributed by atoms with Crippen LogP contribution in [0.2, 0.25) is 0 Å². The van der Waals surface area contributed by atoms with Gasteiger partial charge in [0.25, 0.3) is 11.6 Å². The van der Waals surface area contributed by atoms with Crippen LogP contribution < -0.4 is 16.0 Å². The average molecular weight is 390 g/mol. The average Bonchev–Trinajstić information content (AvgIpc) is 2.71. The Morgan fingerprint density at radius 2 is 1.48 bits per heavy atom. The van der Waals surface area contributed by atoms with E-state index in [0.717, 1.165) is 5.56 Å². The van der Waals surface area contributed by atoms with Crippen molar-refractivity contribution in [1.82, 2.24) is 0 Å². The minimum atomic E-state index is -0.605. The Bertz CT molecular complexity index is 1070. The lowest BCUT2D eigenvalue weighted by Crippen LogP contribution is -2.20. The van der Waals surface area contributed by atoms with Crippen molar-refractivity contribution < 1.29 is 14.5 Å². The Morgan fingerprint density at radius 1 is 0.828 bits per heavy atom. The summed E-state index contributed by atoms with van der Waals surface area (Å²) in [5.41, 5.74) is 1.96. The van der Waals surface area contributed by atoms with E-state index in [0.29, 0.717) is 17.1 Å². The molecule has 0 aliphatic heterocycles. The second-order valence-corrected chi connectivity index (χ2v) is 6.20. The topological polar surface area (TPSA) is 113 Å². The van der Waals surface area contributed by atoms with Gasteiger partial charge in [0, 0.05) is 23.1 Å². The van der Waals surface area contributed by atoms with Crippen LogP contribution in [0.4, 0.5) is 27.5 Å². The first-order valence-electron chi connectivity index (χ1n) is 8.72. The molecule has 0 atom stereocenters. The van der Waals surface area contributed by atoms with Gasteiger partial charge < -0.3 is 16.0 Å². The van der Waals surface area contributed by atoms with Crippen molar-refractivity contribution in [3.8, 4) is 0 Å². The van der Waals surface area contributed by atoms with Crippen LogP contribution in [0.5, 0.6) is 0 Å². The van der Waals surface area contributed by atoms with Gasteiger partial charge in [0.2, 0.25) is 0 Å². The first-order valence-corrected chi connectivity index (χ1v) is 8.72. The number of hydrogen-bond donors (Lipinski definition) is 3. The van der Waals surface area contributed by atoms with Gasteiger partial charge >= 0.3 is 6.03 Å². The van der Waals surface area contributed by atoms with Gasteiger partial charge in [-0.25, -0.2) is 4.79 Å². The van der Waals surface area contributed by atoms with Crippen LogP contribution in [-0.4, -0.2) is 16.9 Å². The molecule has 0 saturated heterocycles. The van der Waals surface area contributed by atoms with Crippen molar-refractivity contribution in [3.63, 3.8) is 0 Å². The number of rotatable bonds is 5. The third-order valence-electron chi connectivity index (χ3n) is 4.12. The first-order chi connectivity index (χ1) is 13.9. The van der Waals surface area contributed by atoms with Gasteiger partial charge in [0.15, 0.2) is 0 Å². The number of nitrogens with one attached hydrogen (secondary N) is 3. The molecule has 3 amide bonds. The maximum absolute atomic E-state index is 12.6. The lowest BCUT2D eigenvalue weighted by molar-refractivity contribution is -0.385. The van der Waals surface area contributed by atoms with E-state index < -0.39 is 16.9 Å². The fraction of sp³-hybridized carbons (Fsp3) is 0.0476. The molecule has 3 N–H and O–H groups in total. The number of para-hydroxylation sites is 2. The molecular weight excluding hydrogens is 372 g/mol. The number of carbonyl (C=O) groups is 2. The summed E-state index contributed by atoms with van der Waals surface area (Å²) in [7, 11) is 0. The van der Waals surface area contributed by atoms with Gasteiger partial charge in [-0.1, -0.05) is 36.4 Å². The number of carbonyl (C=O) groups excluding carboxylic acids is 2. The van der Waals surface area contributed by atoms with Crippen LogP contribution in [0, 0.1) is 17.0 Å². The Morgan fingerprint density at radius 3 is 2.21 bits per heavy atom. The molecule has 8 heteroatoms. The van der Waals surface area contributed by atoms with Crippen molar-refractivity contribution in [3.05, 3.63) is 94.0 Å². The zero-order chi connectivity index (χ0) is 20.8. The molecule has 0 aliphatic carbocycles. The van der Waals surface area contributed by atoms with Crippen LogP contribution >= 0.6 is 0 Å². The smallest absolute Gasteiger partial charge is 0.321 e. The summed E-state index contributed by atoms with van der Waals surface area (Å²) in [5.74, 6) is -0.605. The number of hydrogen-bond acceptors (Lipinski definition) is 4. The minimum Gasteiger partial charge on any atom is -0.321 e. The number of aryl methyl sites for hydroxylation is 1. The summed E-state index contributed by atoms with van der Waals surface area (Å²) in [5, 5.41) is 19.2. The van der Waals surface area contributed by atoms with E-state index in [2.05, 4.69) is 16.0 Å². The molecule has 0 saturated carbocycles. The summed E-state index contributed by atoms with van der Waals surface area (Å²) in [6.45, 7) is 1.78. The van der Waals surface area contributed by atoms with Crippen molar-refractivity contribution in [2.45, 2.75) is 6.92 Å². The predicted molar refractivity (Wildman–Crippen MR) is 111 cm³/mol. The molecule has 0 fully saturated rings. The third kappa shape index (κ3) is 4.95. The molecule has 3 aromatic carbocycles. The standard InChI is InChI=1S/C21H18N4O4/c1-14-11-12-16(23-21(27)22-15-7-3-2-4-8-15)13-18(14)24-20(26)17-9-5-6-10-19(17)25(28)29/h2-13H,1H3,(H,24,26)(H2,22,23,27). The molecule has 0 aliphatic rings. The van der Waals surface area contributed by atoms with E-state index >= 15 is 0 Å². The van der Waals surface area contributed by atoms with E-state index in [1.807, 2.05) is 6.07 Å². The maximum atomic E-state index is 12.6. The highest BCUT2D eigenvalue weighted by Gasteiger charge is 2.19. The van der Waals surface area contributed by atoms with Crippen molar-refractivity contribution in [2.75, 3.05) is 16.0 Å².